The number of nitrogens with one attached hydrogen (secondary N) is 2. The zero-order valence-corrected chi connectivity index (χ0v) is 11.5. The molecule has 0 radical (unpaired) electrons. The van der Waals surface area contributed by atoms with Crippen LogP contribution >= 0.6 is 7.36 Å². The van der Waals surface area contributed by atoms with Crippen molar-refractivity contribution in [1.29, 1.82) is 0 Å². The zero-order valence-electron chi connectivity index (χ0n) is 10.6. The van der Waals surface area contributed by atoms with E-state index in [0.717, 1.165) is 29.0 Å². The van der Waals surface area contributed by atoms with Gasteiger partial charge in [0.25, 0.3) is 0 Å². The molecule has 0 aromatic heterocycles. The molecule has 0 atom stereocenters. The fourth-order valence-electron chi connectivity index (χ4n) is 2.61. The van der Waals surface area contributed by atoms with Crippen LogP contribution in [0.15, 0.2) is 48.5 Å². The number of hydrogen-bond acceptors (Lipinski definition) is 4. The number of anilines is 2. The summed E-state index contributed by atoms with van der Waals surface area (Å²) in [4.78, 5) is 0. The van der Waals surface area contributed by atoms with Crippen molar-refractivity contribution in [2.45, 2.75) is 6.92 Å². The van der Waals surface area contributed by atoms with Crippen molar-refractivity contribution >= 4 is 18.7 Å². The second-order valence-electron chi connectivity index (χ2n) is 4.84. The topological polar surface area (TPSA) is 42.5 Å². The van der Waals surface area contributed by atoms with E-state index in [-0.39, 0.29) is 0 Å². The van der Waals surface area contributed by atoms with Crippen molar-refractivity contribution in [2.24, 2.45) is 0 Å². The van der Waals surface area contributed by atoms with E-state index >= 15 is 0 Å². The quantitative estimate of drug-likeness (QED) is 0.764. The van der Waals surface area contributed by atoms with Crippen molar-refractivity contribution in [1.82, 2.24) is 0 Å². The molecule has 2 aliphatic rings. The molecule has 2 N–H and O–H groups in total. The first-order chi connectivity index (χ1) is 9.22. The molecule has 2 aliphatic heterocycles. The predicted molar refractivity (Wildman–Crippen MR) is 78.8 cm³/mol. The maximum atomic E-state index is 6.26. The van der Waals surface area contributed by atoms with E-state index in [1.165, 1.54) is 0 Å². The maximum absolute atomic E-state index is 6.26. The summed E-state index contributed by atoms with van der Waals surface area (Å²) < 4.78 is 12.5. The van der Waals surface area contributed by atoms with E-state index in [1.807, 2.05) is 48.5 Å². The van der Waals surface area contributed by atoms with Gasteiger partial charge in [-0.15, -0.1) is 0 Å². The van der Waals surface area contributed by atoms with Gasteiger partial charge in [0.2, 0.25) is 0 Å². The molecule has 0 amide bonds. The van der Waals surface area contributed by atoms with Gasteiger partial charge in [-0.2, -0.15) is 0 Å². The molecule has 4 nitrogen and oxygen atoms in total. The number of hydrogen-bond donors (Lipinski definition) is 2. The van der Waals surface area contributed by atoms with Crippen LogP contribution in [0, 0.1) is 0 Å². The summed E-state index contributed by atoms with van der Waals surface area (Å²) in [6, 6.07) is 15.9. The first kappa shape index (κ1) is 10.9. The summed E-state index contributed by atoms with van der Waals surface area (Å²) in [5.74, 6) is 1.70. The molecule has 0 saturated carbocycles. The Morgan fingerprint density at radius 1 is 0.842 bits per heavy atom. The van der Waals surface area contributed by atoms with Crippen LogP contribution in [0.25, 0.3) is 0 Å². The molecule has 0 aliphatic carbocycles. The Balaban J connectivity index is 1.83. The second-order valence-corrected chi connectivity index (χ2v) is 8.54. The van der Waals surface area contributed by atoms with Gasteiger partial charge in [0.05, 0.1) is 0 Å². The minimum atomic E-state index is -3.09. The van der Waals surface area contributed by atoms with E-state index in [1.54, 1.807) is 0 Å². The van der Waals surface area contributed by atoms with Gasteiger partial charge in [-0.25, -0.2) is 0 Å². The van der Waals surface area contributed by atoms with Crippen LogP contribution in [0.5, 0.6) is 11.5 Å². The van der Waals surface area contributed by atoms with Crippen LogP contribution in [0.2, 0.25) is 0 Å². The molecule has 2 aromatic rings. The summed E-state index contributed by atoms with van der Waals surface area (Å²) in [7, 11) is -3.09. The van der Waals surface area contributed by atoms with Crippen LogP contribution < -0.4 is 19.2 Å². The molecule has 2 heterocycles. The molecule has 0 fully saturated rings. The average molecular weight is 274 g/mol. The van der Waals surface area contributed by atoms with E-state index in [2.05, 4.69) is 17.1 Å². The number of benzene rings is 2. The first-order valence-corrected chi connectivity index (χ1v) is 8.66. The van der Waals surface area contributed by atoms with Gasteiger partial charge < -0.3 is 0 Å². The third-order valence-corrected chi connectivity index (χ3v) is 7.33. The van der Waals surface area contributed by atoms with E-state index in [0.29, 0.717) is 0 Å². The molecule has 0 unspecified atom stereocenters. The average Bonchev–Trinajstić information content (AvgIpc) is 2.94. The summed E-state index contributed by atoms with van der Waals surface area (Å²) in [5, 5.41) is 6.99. The van der Waals surface area contributed by atoms with Crippen molar-refractivity contribution in [3.8, 4) is 11.5 Å². The van der Waals surface area contributed by atoms with Crippen molar-refractivity contribution in [2.75, 3.05) is 16.3 Å². The number of para-hydroxylation sites is 4. The Morgan fingerprint density at radius 3 is 1.74 bits per heavy atom. The fraction of sp³-hybridized carbons (Fsp3) is 0.143. The summed E-state index contributed by atoms with van der Waals surface area (Å²) in [5.41, 5.74) is 1.98. The van der Waals surface area contributed by atoms with E-state index in [9.17, 15) is 0 Å². The Hall–Kier alpha value is -1.93. The zero-order chi connectivity index (χ0) is 12.9. The molecule has 98 valence electrons. The summed E-state index contributed by atoms with van der Waals surface area (Å²) >= 11 is 0. The van der Waals surface area contributed by atoms with Crippen molar-refractivity contribution in [3.05, 3.63) is 48.5 Å². The molecule has 4 rings (SSSR count). The number of fused-ring (bicyclic) bond motifs is 2. The Bertz CT molecular complexity index is 561. The molecule has 0 bridgehead atoms. The van der Waals surface area contributed by atoms with Gasteiger partial charge in [0.15, 0.2) is 0 Å². The molecule has 0 saturated heterocycles. The molecular weight excluding hydrogens is 259 g/mol. The van der Waals surface area contributed by atoms with Gasteiger partial charge in [0, 0.05) is 0 Å². The summed E-state index contributed by atoms with van der Waals surface area (Å²) in [6.45, 7) is 2.08. The third-order valence-electron chi connectivity index (χ3n) is 3.62. The van der Waals surface area contributed by atoms with Crippen LogP contribution in [0.3, 0.4) is 0 Å². The van der Waals surface area contributed by atoms with Crippen molar-refractivity contribution in [3.63, 3.8) is 0 Å². The van der Waals surface area contributed by atoms with Gasteiger partial charge in [-0.3, -0.25) is 0 Å². The van der Waals surface area contributed by atoms with Crippen molar-refractivity contribution < 1.29 is 9.05 Å². The summed E-state index contributed by atoms with van der Waals surface area (Å²) in [6.07, 6.45) is 0.745. The third kappa shape index (κ3) is 1.38. The number of rotatable bonds is 1. The molecule has 1 spiro atoms. The first-order valence-electron chi connectivity index (χ1n) is 6.40. The van der Waals surface area contributed by atoms with Crippen LogP contribution in [0.4, 0.5) is 11.4 Å². The molecule has 5 heteroatoms. The monoisotopic (exact) mass is 274 g/mol. The predicted octanol–water partition coefficient (Wildman–Crippen LogP) is 4.23. The Kier molecular flexibility index (Phi) is 1.92. The van der Waals surface area contributed by atoms with Gasteiger partial charge in [0.1, 0.15) is 0 Å². The standard InChI is InChI=1S/C14H15N2O2P/c1-2-19(15-11-7-3-5-9-13(11)17-19)16-12-8-4-6-10-14(12)18-19/h3-10,15-16H,2H2,1H3. The fourth-order valence-corrected chi connectivity index (χ4v) is 5.95. The van der Waals surface area contributed by atoms with E-state index < -0.39 is 7.36 Å². The minimum absolute atomic E-state index is 0.745. The van der Waals surface area contributed by atoms with Gasteiger partial charge in [-0.05, 0) is 0 Å². The molecular formula is C14H15N2O2P. The Morgan fingerprint density at radius 2 is 1.32 bits per heavy atom. The van der Waals surface area contributed by atoms with Crippen LogP contribution in [-0.4, -0.2) is 6.16 Å². The second kappa shape index (κ2) is 3.34. The van der Waals surface area contributed by atoms with Crippen LogP contribution in [0.1, 0.15) is 6.92 Å². The van der Waals surface area contributed by atoms with E-state index in [4.69, 9.17) is 9.05 Å². The van der Waals surface area contributed by atoms with Gasteiger partial charge in [-0.1, -0.05) is 0 Å². The Labute approximate surface area is 111 Å². The molecule has 2 aromatic carbocycles. The van der Waals surface area contributed by atoms with Crippen LogP contribution in [-0.2, 0) is 0 Å². The molecule has 19 heavy (non-hydrogen) atoms. The van der Waals surface area contributed by atoms with Gasteiger partial charge >= 0.3 is 111 Å². The normalized spacial score (nSPS) is 21.8. The SMILES string of the molecule is CCP12(Nc3ccccc3O1)Nc1ccccc1O2.